The predicted molar refractivity (Wildman–Crippen MR) is 68.7 cm³/mol. The standard InChI is InChI=1S/C14H14N2O/c1-11-7-9-12(10-8-11)14(16-17)15-13-5-3-2-4-6-13/h2-10,17H,1H3,(H,15,16). The van der Waals surface area contributed by atoms with E-state index < -0.39 is 0 Å². The summed E-state index contributed by atoms with van der Waals surface area (Å²) in [6.45, 7) is 2.02. The lowest BCUT2D eigenvalue weighted by Gasteiger charge is -2.05. The van der Waals surface area contributed by atoms with Crippen molar-refractivity contribution in [3.8, 4) is 0 Å². The third-order valence-electron chi connectivity index (χ3n) is 2.43. The lowest BCUT2D eigenvalue weighted by molar-refractivity contribution is 0.235. The van der Waals surface area contributed by atoms with Crippen LogP contribution in [0.3, 0.4) is 0 Å². The second kappa shape index (κ2) is 5.27. The number of hydroxylamine groups is 1. The molecule has 0 fully saturated rings. The largest absolute Gasteiger partial charge is 0.290 e. The molecule has 0 aromatic heterocycles. The number of aryl methyl sites for hydroxylation is 1. The molecule has 0 unspecified atom stereocenters. The Balaban J connectivity index is 2.34. The fourth-order valence-electron chi connectivity index (χ4n) is 1.50. The van der Waals surface area contributed by atoms with E-state index in [1.165, 1.54) is 5.56 Å². The molecule has 0 amide bonds. The van der Waals surface area contributed by atoms with E-state index >= 15 is 0 Å². The minimum Gasteiger partial charge on any atom is -0.290 e. The van der Waals surface area contributed by atoms with Crippen LogP contribution in [-0.4, -0.2) is 11.0 Å². The minimum absolute atomic E-state index is 0.441. The van der Waals surface area contributed by atoms with E-state index in [0.29, 0.717) is 5.84 Å². The number of amidine groups is 1. The first-order chi connectivity index (χ1) is 8.29. The van der Waals surface area contributed by atoms with Gasteiger partial charge in [-0.1, -0.05) is 48.0 Å². The van der Waals surface area contributed by atoms with E-state index in [1.807, 2.05) is 61.5 Å². The summed E-state index contributed by atoms with van der Waals surface area (Å²) in [5, 5.41) is 9.13. The van der Waals surface area contributed by atoms with E-state index in [2.05, 4.69) is 10.5 Å². The van der Waals surface area contributed by atoms with Crippen molar-refractivity contribution in [2.24, 2.45) is 4.99 Å². The summed E-state index contributed by atoms with van der Waals surface area (Å²) in [6.07, 6.45) is 0. The van der Waals surface area contributed by atoms with Gasteiger partial charge in [0.1, 0.15) is 0 Å². The van der Waals surface area contributed by atoms with E-state index in [9.17, 15) is 0 Å². The van der Waals surface area contributed by atoms with Crippen LogP contribution in [-0.2, 0) is 0 Å². The third kappa shape index (κ3) is 2.92. The molecule has 0 aliphatic heterocycles. The molecule has 0 radical (unpaired) electrons. The number of nitrogens with one attached hydrogen (secondary N) is 1. The van der Waals surface area contributed by atoms with Crippen LogP contribution in [0, 0.1) is 6.92 Å². The van der Waals surface area contributed by atoms with Gasteiger partial charge in [0, 0.05) is 5.56 Å². The Kier molecular flexibility index (Phi) is 3.52. The van der Waals surface area contributed by atoms with Gasteiger partial charge >= 0.3 is 0 Å². The number of rotatable bonds is 2. The minimum atomic E-state index is 0.441. The van der Waals surface area contributed by atoms with Gasteiger partial charge in [0.15, 0.2) is 5.84 Å². The van der Waals surface area contributed by atoms with Crippen LogP contribution in [0.15, 0.2) is 59.6 Å². The Bertz CT molecular complexity index is 504. The molecule has 3 nitrogen and oxygen atoms in total. The Morgan fingerprint density at radius 1 is 1.00 bits per heavy atom. The maximum Gasteiger partial charge on any atom is 0.157 e. The quantitative estimate of drug-likeness (QED) is 0.469. The normalized spacial score (nSPS) is 11.3. The van der Waals surface area contributed by atoms with Gasteiger partial charge in [-0.15, -0.1) is 0 Å². The molecule has 0 aliphatic carbocycles. The van der Waals surface area contributed by atoms with Crippen molar-refractivity contribution in [1.82, 2.24) is 5.48 Å². The highest BCUT2D eigenvalue weighted by atomic mass is 16.5. The number of benzene rings is 2. The SMILES string of the molecule is Cc1ccc(C(=Nc2ccccc2)NO)cc1. The van der Waals surface area contributed by atoms with Crippen molar-refractivity contribution < 1.29 is 5.21 Å². The molecule has 0 saturated heterocycles. The molecule has 0 heterocycles. The molecule has 2 N–H and O–H groups in total. The summed E-state index contributed by atoms with van der Waals surface area (Å²) in [4.78, 5) is 4.33. The van der Waals surface area contributed by atoms with Crippen LogP contribution in [0.25, 0.3) is 0 Å². The summed E-state index contributed by atoms with van der Waals surface area (Å²) in [5.41, 5.74) is 4.95. The molecular weight excluding hydrogens is 212 g/mol. The Morgan fingerprint density at radius 3 is 2.24 bits per heavy atom. The molecule has 0 saturated carbocycles. The van der Waals surface area contributed by atoms with Gasteiger partial charge in [-0.3, -0.25) is 10.7 Å². The Hall–Kier alpha value is -2.13. The van der Waals surface area contributed by atoms with Crippen molar-refractivity contribution in [2.75, 3.05) is 0 Å². The van der Waals surface area contributed by atoms with Gasteiger partial charge in [-0.25, -0.2) is 4.99 Å². The average Bonchev–Trinajstić information content (AvgIpc) is 2.38. The van der Waals surface area contributed by atoms with Crippen LogP contribution in [0.2, 0.25) is 0 Å². The van der Waals surface area contributed by atoms with Gasteiger partial charge in [-0.2, -0.15) is 0 Å². The zero-order valence-electron chi connectivity index (χ0n) is 9.59. The predicted octanol–water partition coefficient (Wildman–Crippen LogP) is 3.05. The molecule has 86 valence electrons. The highest BCUT2D eigenvalue weighted by molar-refractivity contribution is 5.99. The second-order valence-corrected chi connectivity index (χ2v) is 3.77. The van der Waals surface area contributed by atoms with Crippen molar-refractivity contribution >= 4 is 11.5 Å². The molecule has 3 heteroatoms. The molecule has 2 rings (SSSR count). The van der Waals surface area contributed by atoms with Gasteiger partial charge in [0.2, 0.25) is 0 Å². The van der Waals surface area contributed by atoms with Crippen molar-refractivity contribution in [1.29, 1.82) is 0 Å². The van der Waals surface area contributed by atoms with Crippen LogP contribution in [0.1, 0.15) is 11.1 Å². The highest BCUT2D eigenvalue weighted by Crippen LogP contribution is 2.12. The Labute approximate surface area is 100 Å². The van der Waals surface area contributed by atoms with Crippen LogP contribution < -0.4 is 5.48 Å². The lowest BCUT2D eigenvalue weighted by atomic mass is 10.1. The molecular formula is C14H14N2O. The summed E-state index contributed by atoms with van der Waals surface area (Å²) >= 11 is 0. The van der Waals surface area contributed by atoms with E-state index in [1.54, 1.807) is 0 Å². The van der Waals surface area contributed by atoms with E-state index in [-0.39, 0.29) is 0 Å². The Morgan fingerprint density at radius 2 is 1.65 bits per heavy atom. The zero-order chi connectivity index (χ0) is 12.1. The monoisotopic (exact) mass is 226 g/mol. The van der Waals surface area contributed by atoms with Crippen molar-refractivity contribution in [2.45, 2.75) is 6.92 Å². The molecule has 0 aliphatic rings. The van der Waals surface area contributed by atoms with Crippen molar-refractivity contribution in [3.05, 3.63) is 65.7 Å². The van der Waals surface area contributed by atoms with Gasteiger partial charge in [0.05, 0.1) is 5.69 Å². The van der Waals surface area contributed by atoms with Crippen LogP contribution >= 0.6 is 0 Å². The fraction of sp³-hybridized carbons (Fsp3) is 0.0714. The average molecular weight is 226 g/mol. The first kappa shape index (κ1) is 11.4. The maximum absolute atomic E-state index is 9.13. The highest BCUT2D eigenvalue weighted by Gasteiger charge is 2.01. The summed E-state index contributed by atoms with van der Waals surface area (Å²) in [5.74, 6) is 0.441. The number of nitrogens with zero attached hydrogens (tertiary/aromatic N) is 1. The van der Waals surface area contributed by atoms with E-state index in [0.717, 1.165) is 11.3 Å². The third-order valence-corrected chi connectivity index (χ3v) is 2.43. The van der Waals surface area contributed by atoms with Crippen molar-refractivity contribution in [3.63, 3.8) is 0 Å². The number of aliphatic imine (C=N–C) groups is 1. The molecule has 0 atom stereocenters. The number of para-hydroxylation sites is 1. The zero-order valence-corrected chi connectivity index (χ0v) is 9.59. The molecule has 2 aromatic rings. The molecule has 0 bridgehead atoms. The van der Waals surface area contributed by atoms with Crippen LogP contribution in [0.5, 0.6) is 0 Å². The number of hydrogen-bond acceptors (Lipinski definition) is 2. The summed E-state index contributed by atoms with van der Waals surface area (Å²) in [7, 11) is 0. The summed E-state index contributed by atoms with van der Waals surface area (Å²) in [6, 6.07) is 17.3. The van der Waals surface area contributed by atoms with Gasteiger partial charge < -0.3 is 0 Å². The lowest BCUT2D eigenvalue weighted by Crippen LogP contribution is -2.19. The second-order valence-electron chi connectivity index (χ2n) is 3.77. The van der Waals surface area contributed by atoms with Crippen LogP contribution in [0.4, 0.5) is 5.69 Å². The first-order valence-corrected chi connectivity index (χ1v) is 5.40. The smallest absolute Gasteiger partial charge is 0.157 e. The molecule has 17 heavy (non-hydrogen) atoms. The van der Waals surface area contributed by atoms with Gasteiger partial charge in [0.25, 0.3) is 0 Å². The first-order valence-electron chi connectivity index (χ1n) is 5.40. The fourth-order valence-corrected chi connectivity index (χ4v) is 1.50. The topological polar surface area (TPSA) is 44.6 Å². The summed E-state index contributed by atoms with van der Waals surface area (Å²) < 4.78 is 0. The number of hydrogen-bond donors (Lipinski definition) is 2. The van der Waals surface area contributed by atoms with E-state index in [4.69, 9.17) is 5.21 Å². The maximum atomic E-state index is 9.13. The molecule has 2 aromatic carbocycles. The molecule has 0 spiro atoms. The van der Waals surface area contributed by atoms with Gasteiger partial charge in [-0.05, 0) is 19.1 Å².